The fourth-order valence-electron chi connectivity index (χ4n) is 2.82. The lowest BCUT2D eigenvalue weighted by molar-refractivity contribution is 0.0282. The van der Waals surface area contributed by atoms with Gasteiger partial charge in [0.25, 0.3) is 0 Å². The van der Waals surface area contributed by atoms with Gasteiger partial charge in [0.05, 0.1) is 12.8 Å². The number of anilines is 1. The van der Waals surface area contributed by atoms with Crippen molar-refractivity contribution in [1.82, 2.24) is 14.8 Å². The van der Waals surface area contributed by atoms with Crippen LogP contribution in [0.15, 0.2) is 18.3 Å². The summed E-state index contributed by atoms with van der Waals surface area (Å²) in [5.74, 6) is 1.67. The Morgan fingerprint density at radius 2 is 1.96 bits per heavy atom. The minimum Gasteiger partial charge on any atom is -0.492 e. The number of aliphatic hydroxyl groups excluding tert-OH is 1. The van der Waals surface area contributed by atoms with Gasteiger partial charge in [0.2, 0.25) is 0 Å². The van der Waals surface area contributed by atoms with Crippen LogP contribution in [0.2, 0.25) is 0 Å². The fraction of sp³-hybridized carbons (Fsp3) is 0.700. The van der Waals surface area contributed by atoms with Crippen LogP contribution in [0.3, 0.4) is 0 Å². The van der Waals surface area contributed by atoms with Gasteiger partial charge < -0.3 is 24.4 Å². The number of rotatable bonds is 8. The van der Waals surface area contributed by atoms with Gasteiger partial charge in [-0.05, 0) is 32.9 Å². The number of hydrogen-bond donors (Lipinski definition) is 1. The quantitative estimate of drug-likeness (QED) is 0.674. The highest BCUT2D eigenvalue weighted by Crippen LogP contribution is 2.17. The van der Waals surface area contributed by atoms with E-state index < -0.39 is 5.60 Å². The van der Waals surface area contributed by atoms with Gasteiger partial charge in [-0.25, -0.2) is 9.78 Å². The molecule has 1 aliphatic rings. The molecule has 8 nitrogen and oxygen atoms in total. The standard InChI is InChI=1S/C20H34N4O4/c1-20(2,3)28-19(26)22(4)8-9-23-10-12-24(13-11-23)18-7-6-17(16-21-18)27-15-5-14-25/h6-7,16,25H,5,8-15H2,1-4H3. The number of carbonyl (C=O) groups is 1. The number of aliphatic hydroxyl groups is 1. The smallest absolute Gasteiger partial charge is 0.410 e. The molecule has 0 spiro atoms. The van der Waals surface area contributed by atoms with E-state index in [-0.39, 0.29) is 12.7 Å². The molecule has 0 atom stereocenters. The van der Waals surface area contributed by atoms with Gasteiger partial charge in [-0.15, -0.1) is 0 Å². The van der Waals surface area contributed by atoms with E-state index in [1.165, 1.54) is 0 Å². The minimum atomic E-state index is -0.469. The lowest BCUT2D eigenvalue weighted by Crippen LogP contribution is -2.49. The molecule has 0 saturated carbocycles. The monoisotopic (exact) mass is 394 g/mol. The Bertz CT molecular complexity index is 595. The maximum Gasteiger partial charge on any atom is 0.410 e. The van der Waals surface area contributed by atoms with Crippen molar-refractivity contribution in [3.8, 4) is 5.75 Å². The highest BCUT2D eigenvalue weighted by molar-refractivity contribution is 5.67. The highest BCUT2D eigenvalue weighted by Gasteiger charge is 2.22. The van der Waals surface area contributed by atoms with Gasteiger partial charge >= 0.3 is 6.09 Å². The lowest BCUT2D eigenvalue weighted by atomic mass is 10.2. The third-order valence-corrected chi connectivity index (χ3v) is 4.45. The first kappa shape index (κ1) is 22.2. The van der Waals surface area contributed by atoms with Crippen molar-refractivity contribution in [2.75, 3.05) is 64.4 Å². The average Bonchev–Trinajstić information content (AvgIpc) is 2.66. The molecule has 0 radical (unpaired) electrons. The topological polar surface area (TPSA) is 78.4 Å². The maximum absolute atomic E-state index is 12.0. The van der Waals surface area contributed by atoms with E-state index in [4.69, 9.17) is 14.6 Å². The van der Waals surface area contributed by atoms with Gasteiger partial charge in [0.1, 0.15) is 17.2 Å². The number of carbonyl (C=O) groups excluding carboxylic acids is 1. The van der Waals surface area contributed by atoms with Crippen LogP contribution in [0.4, 0.5) is 10.6 Å². The predicted molar refractivity (Wildman–Crippen MR) is 109 cm³/mol. The first-order chi connectivity index (χ1) is 13.3. The van der Waals surface area contributed by atoms with Crippen molar-refractivity contribution < 1.29 is 19.4 Å². The van der Waals surface area contributed by atoms with E-state index in [9.17, 15) is 4.79 Å². The maximum atomic E-state index is 12.0. The Morgan fingerprint density at radius 1 is 1.25 bits per heavy atom. The zero-order chi connectivity index (χ0) is 20.6. The number of pyridine rings is 1. The second-order valence-corrected chi connectivity index (χ2v) is 8.01. The van der Waals surface area contributed by atoms with Crippen LogP contribution >= 0.6 is 0 Å². The van der Waals surface area contributed by atoms with Crippen molar-refractivity contribution in [1.29, 1.82) is 0 Å². The van der Waals surface area contributed by atoms with Crippen molar-refractivity contribution in [2.24, 2.45) is 0 Å². The average molecular weight is 395 g/mol. The van der Waals surface area contributed by atoms with Gasteiger partial charge in [0, 0.05) is 59.3 Å². The molecule has 1 fully saturated rings. The summed E-state index contributed by atoms with van der Waals surface area (Å²) in [5.41, 5.74) is -0.469. The molecule has 0 unspecified atom stereocenters. The largest absolute Gasteiger partial charge is 0.492 e. The summed E-state index contributed by atoms with van der Waals surface area (Å²) in [6.45, 7) is 11.4. The first-order valence-electron chi connectivity index (χ1n) is 9.89. The summed E-state index contributed by atoms with van der Waals surface area (Å²) in [7, 11) is 1.78. The number of amides is 1. The van der Waals surface area contributed by atoms with Crippen molar-refractivity contribution >= 4 is 11.9 Å². The molecule has 0 aliphatic carbocycles. The molecule has 2 rings (SSSR count). The number of piperazine rings is 1. The highest BCUT2D eigenvalue weighted by atomic mass is 16.6. The van der Waals surface area contributed by atoms with Gasteiger partial charge in [0.15, 0.2) is 0 Å². The molecule has 1 saturated heterocycles. The number of nitrogens with zero attached hydrogens (tertiary/aromatic N) is 4. The normalized spacial score (nSPS) is 15.4. The summed E-state index contributed by atoms with van der Waals surface area (Å²) in [5, 5.41) is 8.79. The van der Waals surface area contributed by atoms with Gasteiger partial charge in [-0.3, -0.25) is 4.90 Å². The number of hydrogen-bond acceptors (Lipinski definition) is 7. The zero-order valence-corrected chi connectivity index (χ0v) is 17.6. The molecule has 0 aromatic carbocycles. The van der Waals surface area contributed by atoms with E-state index in [0.29, 0.717) is 19.6 Å². The molecular weight excluding hydrogens is 360 g/mol. The fourth-order valence-corrected chi connectivity index (χ4v) is 2.82. The number of likely N-dealkylation sites (N-methyl/N-ethyl adjacent to an activating group) is 1. The van der Waals surface area contributed by atoms with Crippen LogP contribution in [-0.4, -0.2) is 91.1 Å². The Labute approximate surface area is 168 Å². The summed E-state index contributed by atoms with van der Waals surface area (Å²) in [6.07, 6.45) is 2.07. The van der Waals surface area contributed by atoms with E-state index >= 15 is 0 Å². The van der Waals surface area contributed by atoms with Crippen LogP contribution in [0.1, 0.15) is 27.2 Å². The van der Waals surface area contributed by atoms with Crippen LogP contribution in [-0.2, 0) is 4.74 Å². The molecule has 28 heavy (non-hydrogen) atoms. The molecule has 1 amide bonds. The third-order valence-electron chi connectivity index (χ3n) is 4.45. The van der Waals surface area contributed by atoms with E-state index in [0.717, 1.165) is 44.3 Å². The molecule has 1 N–H and O–H groups in total. The van der Waals surface area contributed by atoms with Crippen molar-refractivity contribution in [2.45, 2.75) is 32.8 Å². The molecule has 158 valence electrons. The molecule has 0 bridgehead atoms. The SMILES string of the molecule is CN(CCN1CCN(c2ccc(OCCCO)cn2)CC1)C(=O)OC(C)(C)C. The van der Waals surface area contributed by atoms with Crippen LogP contribution < -0.4 is 9.64 Å². The van der Waals surface area contributed by atoms with E-state index in [2.05, 4.69) is 14.8 Å². The molecule has 8 heteroatoms. The molecule has 2 heterocycles. The number of aromatic nitrogens is 1. The summed E-state index contributed by atoms with van der Waals surface area (Å²) < 4.78 is 10.9. The summed E-state index contributed by atoms with van der Waals surface area (Å²) in [4.78, 5) is 22.8. The zero-order valence-electron chi connectivity index (χ0n) is 17.6. The second-order valence-electron chi connectivity index (χ2n) is 8.01. The van der Waals surface area contributed by atoms with Crippen molar-refractivity contribution in [3.05, 3.63) is 18.3 Å². The van der Waals surface area contributed by atoms with Gasteiger partial charge in [-0.1, -0.05) is 0 Å². The summed E-state index contributed by atoms with van der Waals surface area (Å²) in [6, 6.07) is 3.89. The number of ether oxygens (including phenoxy) is 2. The molecule has 1 aliphatic heterocycles. The lowest BCUT2D eigenvalue weighted by Gasteiger charge is -2.36. The van der Waals surface area contributed by atoms with Crippen LogP contribution in [0.5, 0.6) is 5.75 Å². The van der Waals surface area contributed by atoms with Gasteiger partial charge in [-0.2, -0.15) is 0 Å². The Kier molecular flexibility index (Phi) is 8.32. The van der Waals surface area contributed by atoms with E-state index in [1.807, 2.05) is 32.9 Å². The van der Waals surface area contributed by atoms with Crippen LogP contribution in [0, 0.1) is 0 Å². The van der Waals surface area contributed by atoms with Crippen molar-refractivity contribution in [3.63, 3.8) is 0 Å². The Hall–Kier alpha value is -2.06. The summed E-state index contributed by atoms with van der Waals surface area (Å²) >= 11 is 0. The van der Waals surface area contributed by atoms with E-state index in [1.54, 1.807) is 18.1 Å². The van der Waals surface area contributed by atoms with Crippen LogP contribution in [0.25, 0.3) is 0 Å². The molecule has 1 aromatic rings. The molecular formula is C20H34N4O4. The molecule has 1 aromatic heterocycles. The predicted octanol–water partition coefficient (Wildman–Crippen LogP) is 1.83. The third kappa shape index (κ3) is 7.52. The first-order valence-corrected chi connectivity index (χ1v) is 9.89. The Morgan fingerprint density at radius 3 is 2.54 bits per heavy atom. The Balaban J connectivity index is 1.71. The minimum absolute atomic E-state index is 0.128. The second kappa shape index (κ2) is 10.5.